The Kier molecular flexibility index (Phi) is 2.21. The van der Waals surface area contributed by atoms with Gasteiger partial charge in [-0.3, -0.25) is 0 Å². The monoisotopic (exact) mass is 140 g/mol. The second kappa shape index (κ2) is 3.19. The Hall–Kier alpha value is -0.900. The summed E-state index contributed by atoms with van der Waals surface area (Å²) in [5, 5.41) is 0.632. The minimum Gasteiger partial charge on any atom is -0.248 e. The molecule has 0 aliphatic rings. The number of hydrogen-bond acceptors (Lipinski definition) is 4. The third-order valence-corrected chi connectivity index (χ3v) is 1.27. The van der Waals surface area contributed by atoms with E-state index >= 15 is 0 Å². The minimum absolute atomic E-state index is 0.632. The molecule has 0 fully saturated rings. The van der Waals surface area contributed by atoms with Crippen molar-refractivity contribution in [1.82, 2.24) is 4.98 Å². The van der Waals surface area contributed by atoms with E-state index in [1.54, 1.807) is 24.4 Å². The fourth-order valence-electron chi connectivity index (χ4n) is 0.439. The zero-order valence-corrected chi connectivity index (χ0v) is 5.34. The van der Waals surface area contributed by atoms with Crippen molar-refractivity contribution in [3.63, 3.8) is 0 Å². The Morgan fingerprint density at radius 2 is 2.44 bits per heavy atom. The second-order valence-electron chi connectivity index (χ2n) is 1.33. The molecule has 0 N–H and O–H groups in total. The van der Waals surface area contributed by atoms with Gasteiger partial charge in [0.2, 0.25) is 0 Å². The summed E-state index contributed by atoms with van der Waals surface area (Å²) in [5.41, 5.74) is 0. The van der Waals surface area contributed by atoms with Gasteiger partial charge in [-0.2, -0.15) is 0 Å². The first kappa shape index (κ1) is 6.22. The van der Waals surface area contributed by atoms with Crippen LogP contribution < -0.4 is 0 Å². The number of pyridine rings is 1. The molecule has 0 saturated carbocycles. The maximum absolute atomic E-state index is 9.65. The Morgan fingerprint density at radius 1 is 1.56 bits per heavy atom. The first-order valence-corrected chi connectivity index (χ1v) is 3.11. The first-order valence-electron chi connectivity index (χ1n) is 2.34. The van der Waals surface area contributed by atoms with Crippen LogP contribution in [0.2, 0.25) is 0 Å². The second-order valence-corrected chi connectivity index (χ2v) is 2.08. The Bertz CT molecular complexity index is 189. The Labute approximate surface area is 56.6 Å². The summed E-state index contributed by atoms with van der Waals surface area (Å²) < 4.78 is 2.61. The highest BCUT2D eigenvalue weighted by Crippen LogP contribution is 2.13. The molecule has 0 unspecified atom stereocenters. The van der Waals surface area contributed by atoms with Crippen molar-refractivity contribution >= 4 is 11.9 Å². The van der Waals surface area contributed by atoms with Gasteiger partial charge in [-0.05, 0) is 12.1 Å². The van der Waals surface area contributed by atoms with Crippen LogP contribution in [-0.4, -0.2) is 4.98 Å². The number of rotatable bonds is 2. The van der Waals surface area contributed by atoms with E-state index in [1.807, 2.05) is 0 Å². The van der Waals surface area contributed by atoms with E-state index in [-0.39, 0.29) is 0 Å². The fraction of sp³-hybridized carbons (Fsp3) is 0. The quantitative estimate of drug-likeness (QED) is 0.465. The SMILES string of the molecule is O=NSc1ccccn1. The lowest BCUT2D eigenvalue weighted by atomic mass is 10.5. The van der Waals surface area contributed by atoms with Gasteiger partial charge in [-0.25, -0.2) is 4.98 Å². The van der Waals surface area contributed by atoms with E-state index in [0.717, 1.165) is 11.9 Å². The molecule has 1 rings (SSSR count). The van der Waals surface area contributed by atoms with Crippen molar-refractivity contribution in [3.8, 4) is 0 Å². The lowest BCUT2D eigenvalue weighted by Gasteiger charge is -1.85. The molecule has 0 spiro atoms. The van der Waals surface area contributed by atoms with Crippen molar-refractivity contribution in [3.05, 3.63) is 29.3 Å². The molecule has 0 aromatic carbocycles. The molecule has 0 aliphatic carbocycles. The van der Waals surface area contributed by atoms with Crippen LogP contribution in [0.15, 0.2) is 34.0 Å². The molecular formula is C5H4N2OS. The Balaban J connectivity index is 2.72. The zero-order valence-electron chi connectivity index (χ0n) is 4.52. The molecule has 9 heavy (non-hydrogen) atoms. The molecule has 0 aliphatic heterocycles. The lowest BCUT2D eigenvalue weighted by molar-refractivity contribution is 1.14. The average molecular weight is 140 g/mol. The summed E-state index contributed by atoms with van der Waals surface area (Å²) in [6, 6.07) is 5.32. The van der Waals surface area contributed by atoms with E-state index in [2.05, 4.69) is 9.57 Å². The van der Waals surface area contributed by atoms with Crippen LogP contribution >= 0.6 is 11.9 Å². The molecule has 0 atom stereocenters. The molecule has 0 saturated heterocycles. The van der Waals surface area contributed by atoms with Crippen molar-refractivity contribution in [1.29, 1.82) is 0 Å². The van der Waals surface area contributed by atoms with Gasteiger partial charge in [0, 0.05) is 10.8 Å². The van der Waals surface area contributed by atoms with Crippen molar-refractivity contribution in [2.75, 3.05) is 0 Å². The molecule has 46 valence electrons. The van der Waals surface area contributed by atoms with Gasteiger partial charge in [0.25, 0.3) is 0 Å². The van der Waals surface area contributed by atoms with Crippen molar-refractivity contribution in [2.24, 2.45) is 4.58 Å². The van der Waals surface area contributed by atoms with Crippen LogP contribution in [0.3, 0.4) is 0 Å². The third kappa shape index (κ3) is 1.81. The zero-order chi connectivity index (χ0) is 6.53. The molecule has 0 bridgehead atoms. The van der Waals surface area contributed by atoms with Crippen LogP contribution in [0, 0.1) is 4.91 Å². The summed E-state index contributed by atoms with van der Waals surface area (Å²) in [7, 11) is 0. The molecule has 1 aromatic heterocycles. The van der Waals surface area contributed by atoms with Gasteiger partial charge >= 0.3 is 0 Å². The topological polar surface area (TPSA) is 42.3 Å². The van der Waals surface area contributed by atoms with Gasteiger partial charge in [0.1, 0.15) is 5.03 Å². The highest BCUT2D eigenvalue weighted by molar-refractivity contribution is 7.97. The van der Waals surface area contributed by atoms with Crippen LogP contribution in [0.1, 0.15) is 0 Å². The largest absolute Gasteiger partial charge is 0.248 e. The van der Waals surface area contributed by atoms with E-state index in [4.69, 9.17) is 0 Å². The number of nitroso groups, excluding NO2 is 1. The van der Waals surface area contributed by atoms with Gasteiger partial charge in [-0.1, -0.05) is 6.07 Å². The molecular weight excluding hydrogens is 136 g/mol. The van der Waals surface area contributed by atoms with E-state index < -0.39 is 0 Å². The molecule has 0 radical (unpaired) electrons. The fourth-order valence-corrected chi connectivity index (χ4v) is 0.763. The predicted octanol–water partition coefficient (Wildman–Crippen LogP) is 1.86. The maximum atomic E-state index is 9.65. The number of nitrogens with zero attached hydrogens (tertiary/aromatic N) is 2. The van der Waals surface area contributed by atoms with Gasteiger partial charge in [-0.15, -0.1) is 4.91 Å². The lowest BCUT2D eigenvalue weighted by Crippen LogP contribution is -1.71. The molecule has 3 nitrogen and oxygen atoms in total. The summed E-state index contributed by atoms with van der Waals surface area (Å²) in [6.07, 6.45) is 1.62. The molecule has 0 amide bonds. The van der Waals surface area contributed by atoms with Gasteiger partial charge < -0.3 is 0 Å². The molecule has 4 heteroatoms. The highest BCUT2D eigenvalue weighted by atomic mass is 32.2. The van der Waals surface area contributed by atoms with Crippen molar-refractivity contribution in [2.45, 2.75) is 5.03 Å². The van der Waals surface area contributed by atoms with E-state index in [9.17, 15) is 4.91 Å². The number of aromatic nitrogens is 1. The smallest absolute Gasteiger partial charge is 0.122 e. The Morgan fingerprint density at radius 3 is 3.00 bits per heavy atom. The van der Waals surface area contributed by atoms with Crippen LogP contribution in [-0.2, 0) is 0 Å². The standard InChI is InChI=1S/C5H4N2OS/c8-7-9-5-3-1-2-4-6-5/h1-4H. The summed E-state index contributed by atoms with van der Waals surface area (Å²) >= 11 is 0.834. The van der Waals surface area contributed by atoms with Crippen LogP contribution in [0.4, 0.5) is 0 Å². The van der Waals surface area contributed by atoms with Gasteiger partial charge in [0.15, 0.2) is 0 Å². The summed E-state index contributed by atoms with van der Waals surface area (Å²) in [4.78, 5) is 13.5. The van der Waals surface area contributed by atoms with Crippen LogP contribution in [0.5, 0.6) is 0 Å². The third-order valence-electron chi connectivity index (χ3n) is 0.769. The van der Waals surface area contributed by atoms with Gasteiger partial charge in [0.05, 0.1) is 11.9 Å². The predicted molar refractivity (Wildman–Crippen MR) is 35.9 cm³/mol. The van der Waals surface area contributed by atoms with E-state index in [1.165, 1.54) is 0 Å². The molecule has 1 aromatic rings. The number of hydrogen-bond donors (Lipinski definition) is 0. The van der Waals surface area contributed by atoms with E-state index in [0.29, 0.717) is 5.03 Å². The summed E-state index contributed by atoms with van der Waals surface area (Å²) in [6.45, 7) is 0. The minimum atomic E-state index is 0.632. The highest BCUT2D eigenvalue weighted by Gasteiger charge is 1.88. The normalized spacial score (nSPS) is 8.89. The maximum Gasteiger partial charge on any atom is 0.122 e. The van der Waals surface area contributed by atoms with Crippen LogP contribution in [0.25, 0.3) is 0 Å². The first-order chi connectivity index (χ1) is 4.43. The average Bonchev–Trinajstić information content (AvgIpc) is 1.91. The van der Waals surface area contributed by atoms with Crippen molar-refractivity contribution < 1.29 is 0 Å². The summed E-state index contributed by atoms with van der Waals surface area (Å²) in [5.74, 6) is 0. The molecule has 1 heterocycles.